The van der Waals surface area contributed by atoms with Gasteiger partial charge in [-0.05, 0) is 36.8 Å². The molecule has 122 valence electrons. The molecule has 0 saturated carbocycles. The zero-order chi connectivity index (χ0) is 17.2. The Balaban J connectivity index is 2.45. The normalized spacial score (nSPS) is 11.1. The highest BCUT2D eigenvalue weighted by Crippen LogP contribution is 2.30. The molecule has 0 amide bonds. The van der Waals surface area contributed by atoms with Gasteiger partial charge >= 0.3 is 0 Å². The second-order valence-corrected chi connectivity index (χ2v) is 6.31. The Bertz CT molecular complexity index is 867. The molecule has 0 aromatic heterocycles. The van der Waals surface area contributed by atoms with Crippen LogP contribution in [-0.4, -0.2) is 20.5 Å². The third-order valence-electron chi connectivity index (χ3n) is 3.08. The minimum atomic E-state index is -4.05. The van der Waals surface area contributed by atoms with Gasteiger partial charge in [-0.3, -0.25) is 14.8 Å². The lowest BCUT2D eigenvalue weighted by molar-refractivity contribution is -0.385. The molecule has 0 saturated heterocycles. The number of nitro benzene ring substituents is 1. The molecule has 0 fully saturated rings. The number of nitrogens with one attached hydrogen (secondary N) is 1. The standard InChI is InChI=1S/C14H13FN2O5S/c1-9-7-10(15)3-5-12(9)16-23(20,21)14-6-4-11(17(18)19)8-13(14)22-2/h3-8,16H,1-2H3. The number of halogens is 1. The van der Waals surface area contributed by atoms with E-state index in [4.69, 9.17) is 4.74 Å². The first kappa shape index (κ1) is 16.7. The number of nitro groups is 1. The first-order chi connectivity index (χ1) is 10.7. The summed E-state index contributed by atoms with van der Waals surface area (Å²) in [5.41, 5.74) is 0.306. The zero-order valence-electron chi connectivity index (χ0n) is 12.2. The molecule has 0 unspecified atom stereocenters. The van der Waals surface area contributed by atoms with Crippen LogP contribution in [-0.2, 0) is 10.0 Å². The highest BCUT2D eigenvalue weighted by Gasteiger charge is 2.23. The van der Waals surface area contributed by atoms with Gasteiger partial charge in [0.15, 0.2) is 0 Å². The van der Waals surface area contributed by atoms with Crippen LogP contribution in [0.5, 0.6) is 5.75 Å². The minimum Gasteiger partial charge on any atom is -0.495 e. The van der Waals surface area contributed by atoms with Crippen molar-refractivity contribution >= 4 is 21.4 Å². The first-order valence-electron chi connectivity index (χ1n) is 6.36. The molecule has 0 bridgehead atoms. The van der Waals surface area contributed by atoms with E-state index < -0.39 is 20.8 Å². The lowest BCUT2D eigenvalue weighted by Crippen LogP contribution is -2.15. The van der Waals surface area contributed by atoms with E-state index in [1.807, 2.05) is 0 Å². The second-order valence-electron chi connectivity index (χ2n) is 4.66. The van der Waals surface area contributed by atoms with E-state index >= 15 is 0 Å². The van der Waals surface area contributed by atoms with Gasteiger partial charge in [0.1, 0.15) is 16.5 Å². The number of nitrogens with zero attached hydrogens (tertiary/aromatic N) is 1. The van der Waals surface area contributed by atoms with Crippen molar-refractivity contribution in [1.82, 2.24) is 0 Å². The quantitative estimate of drug-likeness (QED) is 0.666. The summed E-state index contributed by atoms with van der Waals surface area (Å²) in [5, 5.41) is 10.7. The van der Waals surface area contributed by atoms with Crippen molar-refractivity contribution < 1.29 is 22.5 Å². The van der Waals surface area contributed by atoms with Crippen LogP contribution < -0.4 is 9.46 Å². The molecule has 0 heterocycles. The van der Waals surface area contributed by atoms with Crippen molar-refractivity contribution in [3.63, 3.8) is 0 Å². The van der Waals surface area contributed by atoms with Crippen LogP contribution in [0.4, 0.5) is 15.8 Å². The molecule has 23 heavy (non-hydrogen) atoms. The number of rotatable bonds is 5. The number of sulfonamides is 1. The Morgan fingerprint density at radius 2 is 1.91 bits per heavy atom. The molecule has 0 radical (unpaired) electrons. The van der Waals surface area contributed by atoms with Gasteiger partial charge in [-0.15, -0.1) is 0 Å². The maximum Gasteiger partial charge on any atom is 0.273 e. The SMILES string of the molecule is COc1cc([N+](=O)[O-])ccc1S(=O)(=O)Nc1ccc(F)cc1C. The van der Waals surface area contributed by atoms with Crippen LogP contribution in [0.25, 0.3) is 0 Å². The molecule has 7 nitrogen and oxygen atoms in total. The number of non-ortho nitro benzene ring substituents is 1. The number of hydrogen-bond acceptors (Lipinski definition) is 5. The van der Waals surface area contributed by atoms with Gasteiger partial charge in [0, 0.05) is 6.07 Å². The summed E-state index contributed by atoms with van der Waals surface area (Å²) in [6.45, 7) is 1.55. The van der Waals surface area contributed by atoms with E-state index in [0.717, 1.165) is 24.3 Å². The number of methoxy groups -OCH3 is 1. The third kappa shape index (κ3) is 3.57. The number of anilines is 1. The third-order valence-corrected chi connectivity index (χ3v) is 4.49. The summed E-state index contributed by atoms with van der Waals surface area (Å²) in [4.78, 5) is 9.84. The molecule has 0 aliphatic rings. The van der Waals surface area contributed by atoms with Crippen LogP contribution in [0, 0.1) is 22.9 Å². The van der Waals surface area contributed by atoms with Crippen molar-refractivity contribution in [3.05, 3.63) is 57.9 Å². The largest absolute Gasteiger partial charge is 0.495 e. The molecule has 2 aromatic rings. The fourth-order valence-electron chi connectivity index (χ4n) is 1.93. The lowest BCUT2D eigenvalue weighted by Gasteiger charge is -2.13. The minimum absolute atomic E-state index is 0.161. The van der Waals surface area contributed by atoms with Gasteiger partial charge in [0.2, 0.25) is 0 Å². The molecule has 1 N–H and O–H groups in total. The van der Waals surface area contributed by atoms with E-state index in [9.17, 15) is 22.9 Å². The zero-order valence-corrected chi connectivity index (χ0v) is 13.1. The van der Waals surface area contributed by atoms with Crippen molar-refractivity contribution in [2.45, 2.75) is 11.8 Å². The van der Waals surface area contributed by atoms with E-state index in [0.29, 0.717) is 5.56 Å². The van der Waals surface area contributed by atoms with E-state index in [1.165, 1.54) is 19.2 Å². The number of aryl methyl sites for hydroxylation is 1. The van der Waals surface area contributed by atoms with Gasteiger partial charge in [-0.1, -0.05) is 0 Å². The predicted octanol–water partition coefficient (Wildman–Crippen LogP) is 2.85. The molecule has 0 spiro atoms. The number of hydrogen-bond donors (Lipinski definition) is 1. The van der Waals surface area contributed by atoms with Crippen molar-refractivity contribution in [1.29, 1.82) is 0 Å². The summed E-state index contributed by atoms with van der Waals surface area (Å²) in [6.07, 6.45) is 0. The van der Waals surface area contributed by atoms with Crippen LogP contribution in [0.3, 0.4) is 0 Å². The summed E-state index contributed by atoms with van der Waals surface area (Å²) >= 11 is 0. The molecule has 0 aliphatic heterocycles. The summed E-state index contributed by atoms with van der Waals surface area (Å²) in [7, 11) is -2.84. The van der Waals surface area contributed by atoms with Gasteiger partial charge in [-0.2, -0.15) is 0 Å². The Morgan fingerprint density at radius 1 is 1.22 bits per heavy atom. The van der Waals surface area contributed by atoms with E-state index in [2.05, 4.69) is 4.72 Å². The molecule has 0 atom stereocenters. The van der Waals surface area contributed by atoms with Crippen molar-refractivity contribution in [3.8, 4) is 5.75 Å². The number of benzene rings is 2. The van der Waals surface area contributed by atoms with Crippen LogP contribution in [0.1, 0.15) is 5.56 Å². The smallest absolute Gasteiger partial charge is 0.273 e. The maximum absolute atomic E-state index is 13.1. The highest BCUT2D eigenvalue weighted by atomic mass is 32.2. The van der Waals surface area contributed by atoms with Gasteiger partial charge < -0.3 is 4.74 Å². The Labute approximate surface area is 131 Å². The molecule has 2 aromatic carbocycles. The van der Waals surface area contributed by atoms with Crippen molar-refractivity contribution in [2.24, 2.45) is 0 Å². The highest BCUT2D eigenvalue weighted by molar-refractivity contribution is 7.92. The monoisotopic (exact) mass is 340 g/mol. The van der Waals surface area contributed by atoms with Crippen LogP contribution in [0.2, 0.25) is 0 Å². The maximum atomic E-state index is 13.1. The summed E-state index contributed by atoms with van der Waals surface area (Å²) in [5.74, 6) is -0.648. The van der Waals surface area contributed by atoms with Gasteiger partial charge in [-0.25, -0.2) is 12.8 Å². The first-order valence-corrected chi connectivity index (χ1v) is 7.84. The van der Waals surface area contributed by atoms with Crippen LogP contribution >= 0.6 is 0 Å². The van der Waals surface area contributed by atoms with E-state index in [-0.39, 0.29) is 22.0 Å². The van der Waals surface area contributed by atoms with Crippen LogP contribution in [0.15, 0.2) is 41.3 Å². The average Bonchev–Trinajstić information content (AvgIpc) is 2.49. The molecule has 9 heteroatoms. The predicted molar refractivity (Wildman–Crippen MR) is 81.6 cm³/mol. The Morgan fingerprint density at radius 3 is 2.48 bits per heavy atom. The van der Waals surface area contributed by atoms with Gasteiger partial charge in [0.25, 0.3) is 15.7 Å². The fraction of sp³-hybridized carbons (Fsp3) is 0.143. The Kier molecular flexibility index (Phi) is 4.50. The van der Waals surface area contributed by atoms with Crippen molar-refractivity contribution in [2.75, 3.05) is 11.8 Å². The average molecular weight is 340 g/mol. The Hall–Kier alpha value is -2.68. The second kappa shape index (κ2) is 6.21. The lowest BCUT2D eigenvalue weighted by atomic mass is 10.2. The van der Waals surface area contributed by atoms with E-state index in [1.54, 1.807) is 6.92 Å². The topological polar surface area (TPSA) is 98.5 Å². The summed E-state index contributed by atoms with van der Waals surface area (Å²) < 4.78 is 45.2. The number of ether oxygens (including phenoxy) is 1. The fourth-order valence-corrected chi connectivity index (χ4v) is 3.22. The molecular weight excluding hydrogens is 327 g/mol. The molecule has 2 rings (SSSR count). The molecule has 0 aliphatic carbocycles. The summed E-state index contributed by atoms with van der Waals surface area (Å²) in [6, 6.07) is 6.77. The molecular formula is C14H13FN2O5S. The van der Waals surface area contributed by atoms with Gasteiger partial charge in [0.05, 0.1) is 23.8 Å².